The highest BCUT2D eigenvalue weighted by atomic mass is 16.6. The summed E-state index contributed by atoms with van der Waals surface area (Å²) in [6.45, 7) is 4.86. The van der Waals surface area contributed by atoms with Gasteiger partial charge >= 0.3 is 0 Å². The number of aliphatic hydroxyl groups is 1. The van der Waals surface area contributed by atoms with Crippen LogP contribution >= 0.6 is 0 Å². The largest absolute Gasteiger partial charge is 0.386 e. The van der Waals surface area contributed by atoms with Crippen molar-refractivity contribution < 1.29 is 10.0 Å². The summed E-state index contributed by atoms with van der Waals surface area (Å²) in [5, 5.41) is 29.8. The van der Waals surface area contributed by atoms with Gasteiger partial charge in [-0.2, -0.15) is 5.26 Å². The Hall–Kier alpha value is -2.13. The number of hydrogen-bond acceptors (Lipinski definition) is 5. The molecule has 6 heteroatoms. The Morgan fingerprint density at radius 3 is 2.63 bits per heavy atom. The lowest BCUT2D eigenvalue weighted by Gasteiger charge is -2.50. The van der Waals surface area contributed by atoms with E-state index in [4.69, 9.17) is 5.26 Å². The Labute approximate surface area is 111 Å². The van der Waals surface area contributed by atoms with E-state index < -0.39 is 10.5 Å². The minimum atomic E-state index is -0.714. The predicted octanol–water partition coefficient (Wildman–Crippen LogP) is 1.67. The van der Waals surface area contributed by atoms with Crippen molar-refractivity contribution in [3.8, 4) is 6.07 Å². The van der Waals surface area contributed by atoms with Crippen molar-refractivity contribution in [2.75, 3.05) is 18.0 Å². The number of hydrogen-bond donors (Lipinski definition) is 1. The van der Waals surface area contributed by atoms with Gasteiger partial charge in [-0.15, -0.1) is 0 Å². The number of nitro groups is 1. The molecule has 1 aromatic carbocycles. The summed E-state index contributed by atoms with van der Waals surface area (Å²) in [7, 11) is 0. The molecular weight excluding hydrogens is 246 g/mol. The number of nitriles is 1. The first-order valence-corrected chi connectivity index (χ1v) is 6.03. The van der Waals surface area contributed by atoms with Crippen molar-refractivity contribution >= 4 is 11.4 Å². The molecule has 1 aliphatic rings. The smallest absolute Gasteiger partial charge is 0.287 e. The molecule has 1 aliphatic heterocycles. The van der Waals surface area contributed by atoms with Crippen LogP contribution in [0.25, 0.3) is 0 Å². The summed E-state index contributed by atoms with van der Waals surface area (Å²) in [5.41, 5.74) is -0.130. The van der Waals surface area contributed by atoms with Crippen LogP contribution in [0.2, 0.25) is 0 Å². The van der Waals surface area contributed by atoms with Crippen molar-refractivity contribution in [3.05, 3.63) is 33.9 Å². The third kappa shape index (κ3) is 2.25. The van der Waals surface area contributed by atoms with Gasteiger partial charge in [0.1, 0.15) is 17.2 Å². The summed E-state index contributed by atoms with van der Waals surface area (Å²) in [6, 6.07) is 6.28. The summed E-state index contributed by atoms with van der Waals surface area (Å²) in [6.07, 6.45) is 0. The summed E-state index contributed by atoms with van der Waals surface area (Å²) in [4.78, 5) is 12.1. The third-order valence-electron chi connectivity index (χ3n) is 3.67. The second kappa shape index (κ2) is 4.52. The quantitative estimate of drug-likeness (QED) is 0.660. The van der Waals surface area contributed by atoms with E-state index in [-0.39, 0.29) is 17.2 Å². The fraction of sp³-hybridized carbons (Fsp3) is 0.462. The van der Waals surface area contributed by atoms with Gasteiger partial charge in [0.2, 0.25) is 0 Å². The van der Waals surface area contributed by atoms with Crippen molar-refractivity contribution in [1.82, 2.24) is 0 Å². The highest BCUT2D eigenvalue weighted by Gasteiger charge is 2.43. The first kappa shape index (κ1) is 13.3. The monoisotopic (exact) mass is 261 g/mol. The average molecular weight is 261 g/mol. The second-order valence-corrected chi connectivity index (χ2v) is 5.18. The van der Waals surface area contributed by atoms with Crippen LogP contribution in [0.15, 0.2) is 18.2 Å². The highest BCUT2D eigenvalue weighted by Crippen LogP contribution is 2.34. The van der Waals surface area contributed by atoms with E-state index in [0.29, 0.717) is 13.1 Å². The molecule has 0 radical (unpaired) electrons. The Bertz CT molecular complexity index is 557. The van der Waals surface area contributed by atoms with E-state index in [1.54, 1.807) is 6.07 Å². The normalized spacial score (nSPS) is 16.9. The zero-order chi connectivity index (χ0) is 14.2. The van der Waals surface area contributed by atoms with Gasteiger partial charge in [0.05, 0.1) is 4.92 Å². The van der Waals surface area contributed by atoms with Crippen molar-refractivity contribution in [1.29, 1.82) is 5.26 Å². The molecule has 0 saturated carbocycles. The van der Waals surface area contributed by atoms with E-state index in [2.05, 4.69) is 0 Å². The summed E-state index contributed by atoms with van der Waals surface area (Å²) >= 11 is 0. The molecule has 1 heterocycles. The van der Waals surface area contributed by atoms with Gasteiger partial charge in [0.25, 0.3) is 5.69 Å². The zero-order valence-electron chi connectivity index (χ0n) is 10.8. The third-order valence-corrected chi connectivity index (χ3v) is 3.67. The van der Waals surface area contributed by atoms with Crippen LogP contribution in [-0.2, 0) is 0 Å². The molecule has 0 aromatic heterocycles. The molecule has 2 rings (SSSR count). The predicted molar refractivity (Wildman–Crippen MR) is 69.8 cm³/mol. The molecular formula is C13H15N3O3. The van der Waals surface area contributed by atoms with Crippen molar-refractivity contribution in [3.63, 3.8) is 0 Å². The summed E-state index contributed by atoms with van der Waals surface area (Å²) < 4.78 is 0. The maximum absolute atomic E-state index is 10.7. The molecule has 19 heavy (non-hydrogen) atoms. The van der Waals surface area contributed by atoms with Crippen LogP contribution in [0.1, 0.15) is 19.4 Å². The first-order valence-electron chi connectivity index (χ1n) is 6.03. The van der Waals surface area contributed by atoms with Crippen LogP contribution in [0.3, 0.4) is 0 Å². The van der Waals surface area contributed by atoms with Gasteiger partial charge in [-0.3, -0.25) is 10.1 Å². The lowest BCUT2D eigenvalue weighted by molar-refractivity contribution is -0.385. The molecule has 0 bridgehead atoms. The molecule has 0 spiro atoms. The fourth-order valence-corrected chi connectivity index (χ4v) is 2.13. The van der Waals surface area contributed by atoms with Gasteiger partial charge in [-0.25, -0.2) is 0 Å². The van der Waals surface area contributed by atoms with Crippen molar-refractivity contribution in [2.45, 2.75) is 19.4 Å². The maximum atomic E-state index is 10.7. The fourth-order valence-electron chi connectivity index (χ4n) is 2.13. The standard InChI is InChI=1S/C13H15N3O3/c1-9(2)13(17)7-15(8-13)11-3-4-12(16(18)19)10(5-11)6-14/h3-5,9,17H,7-8H2,1-2H3. The van der Waals surface area contributed by atoms with E-state index >= 15 is 0 Å². The van der Waals surface area contributed by atoms with Gasteiger partial charge in [0.15, 0.2) is 0 Å². The van der Waals surface area contributed by atoms with Gasteiger partial charge in [0, 0.05) is 24.8 Å². The molecule has 6 nitrogen and oxygen atoms in total. The van der Waals surface area contributed by atoms with Crippen LogP contribution in [0.5, 0.6) is 0 Å². The molecule has 0 atom stereocenters. The van der Waals surface area contributed by atoms with Crippen LogP contribution < -0.4 is 4.90 Å². The zero-order valence-corrected chi connectivity index (χ0v) is 10.8. The number of rotatable bonds is 3. The molecule has 0 aliphatic carbocycles. The second-order valence-electron chi connectivity index (χ2n) is 5.18. The first-order chi connectivity index (χ1) is 8.87. The number of nitrogens with zero attached hydrogens (tertiary/aromatic N) is 3. The molecule has 1 aromatic rings. The van der Waals surface area contributed by atoms with E-state index in [9.17, 15) is 15.2 Å². The Kier molecular flexibility index (Phi) is 3.16. The lowest BCUT2D eigenvalue weighted by Crippen LogP contribution is -2.64. The number of β-amino-alcohol motifs (C(OH)–C–C–N with tert-alkyl or cyclic N) is 1. The topological polar surface area (TPSA) is 90.4 Å². The number of nitro benzene ring substituents is 1. The summed E-state index contributed by atoms with van der Waals surface area (Å²) in [5.74, 6) is 0.150. The maximum Gasteiger partial charge on any atom is 0.287 e. The number of anilines is 1. The van der Waals surface area contributed by atoms with Crippen LogP contribution in [0, 0.1) is 27.4 Å². The number of benzene rings is 1. The van der Waals surface area contributed by atoms with Crippen LogP contribution in [0.4, 0.5) is 11.4 Å². The van der Waals surface area contributed by atoms with Crippen LogP contribution in [-0.4, -0.2) is 28.7 Å². The Morgan fingerprint density at radius 1 is 1.53 bits per heavy atom. The van der Waals surface area contributed by atoms with E-state index in [1.807, 2.05) is 24.8 Å². The highest BCUT2D eigenvalue weighted by molar-refractivity contribution is 5.61. The molecule has 1 N–H and O–H groups in total. The minimum Gasteiger partial charge on any atom is -0.386 e. The Balaban J connectivity index is 2.21. The van der Waals surface area contributed by atoms with Crippen molar-refractivity contribution in [2.24, 2.45) is 5.92 Å². The molecule has 0 unspecified atom stereocenters. The molecule has 1 fully saturated rings. The van der Waals surface area contributed by atoms with Gasteiger partial charge < -0.3 is 10.0 Å². The average Bonchev–Trinajstić information content (AvgIpc) is 2.33. The Morgan fingerprint density at radius 2 is 2.16 bits per heavy atom. The van der Waals surface area contributed by atoms with Gasteiger partial charge in [-0.05, 0) is 18.1 Å². The SMILES string of the molecule is CC(C)C1(O)CN(c2ccc([N+](=O)[O-])c(C#N)c2)C1. The van der Waals surface area contributed by atoms with Gasteiger partial charge in [-0.1, -0.05) is 13.8 Å². The van der Waals surface area contributed by atoms with E-state index in [0.717, 1.165) is 5.69 Å². The minimum absolute atomic E-state index is 0.0440. The van der Waals surface area contributed by atoms with E-state index in [1.165, 1.54) is 12.1 Å². The molecule has 0 amide bonds. The lowest BCUT2D eigenvalue weighted by atomic mass is 9.82. The molecule has 100 valence electrons. The molecule has 1 saturated heterocycles.